The molecule has 0 fully saturated rings. The van der Waals surface area contributed by atoms with E-state index >= 15 is 0 Å². The second-order valence-corrected chi connectivity index (χ2v) is 7.84. The number of anilines is 1. The first-order chi connectivity index (χ1) is 13.1. The fourth-order valence-electron chi connectivity index (χ4n) is 3.59. The van der Waals surface area contributed by atoms with Crippen molar-refractivity contribution < 1.29 is 4.21 Å². The largest absolute Gasteiger partial charge is 0.293 e. The molecule has 0 aromatic heterocycles. The van der Waals surface area contributed by atoms with Crippen LogP contribution in [-0.4, -0.2) is 9.38 Å². The average molecular weight is 381 g/mol. The molecule has 2 aromatic carbocycles. The highest BCUT2D eigenvalue weighted by Crippen LogP contribution is 2.33. The minimum absolute atomic E-state index is 0.612. The quantitative estimate of drug-likeness (QED) is 0.647. The molecule has 4 heteroatoms. The van der Waals surface area contributed by atoms with Gasteiger partial charge in [0.2, 0.25) is 5.17 Å². The number of hydrogen-bond acceptors (Lipinski definition) is 2. The van der Waals surface area contributed by atoms with Crippen molar-refractivity contribution in [2.24, 2.45) is 4.99 Å². The molecule has 1 atom stereocenters. The summed E-state index contributed by atoms with van der Waals surface area (Å²) in [6, 6.07) is 12.7. The molecule has 27 heavy (non-hydrogen) atoms. The van der Waals surface area contributed by atoms with Gasteiger partial charge in [-0.05, 0) is 47.9 Å². The van der Waals surface area contributed by atoms with Crippen LogP contribution in [0, 0.1) is 0 Å². The van der Waals surface area contributed by atoms with Gasteiger partial charge in [-0.1, -0.05) is 64.1 Å². The monoisotopic (exact) mass is 380 g/mol. The van der Waals surface area contributed by atoms with Gasteiger partial charge in [0, 0.05) is 11.6 Å². The molecular weight excluding hydrogens is 352 g/mol. The molecule has 0 aliphatic carbocycles. The smallest absolute Gasteiger partial charge is 0.208 e. The van der Waals surface area contributed by atoms with Crippen LogP contribution in [0.2, 0.25) is 0 Å². The van der Waals surface area contributed by atoms with Gasteiger partial charge < -0.3 is 0 Å². The minimum atomic E-state index is -1.24. The summed E-state index contributed by atoms with van der Waals surface area (Å²) >= 11 is 0. The first kappa shape index (κ1) is 19.6. The van der Waals surface area contributed by atoms with Crippen molar-refractivity contribution in [1.82, 2.24) is 0 Å². The van der Waals surface area contributed by atoms with Gasteiger partial charge >= 0.3 is 0 Å². The first-order valence-electron chi connectivity index (χ1n) is 9.82. The third-order valence-corrected chi connectivity index (χ3v) is 6.11. The van der Waals surface area contributed by atoms with Crippen LogP contribution in [0.1, 0.15) is 49.9 Å². The van der Waals surface area contributed by atoms with Crippen molar-refractivity contribution in [3.63, 3.8) is 0 Å². The Balaban J connectivity index is 2.18. The van der Waals surface area contributed by atoms with Gasteiger partial charge in [0.1, 0.15) is 10.8 Å². The number of nitrogens with zero attached hydrogens (tertiary/aromatic N) is 2. The van der Waals surface area contributed by atoms with Crippen LogP contribution in [0.3, 0.4) is 0 Å². The van der Waals surface area contributed by atoms with E-state index in [9.17, 15) is 4.21 Å². The summed E-state index contributed by atoms with van der Waals surface area (Å²) in [4.78, 5) is 7.01. The van der Waals surface area contributed by atoms with E-state index in [2.05, 4.69) is 64.1 Å². The highest BCUT2D eigenvalue weighted by atomic mass is 32.2. The third-order valence-electron chi connectivity index (χ3n) is 5.10. The van der Waals surface area contributed by atoms with Crippen molar-refractivity contribution in [3.8, 4) is 0 Å². The number of rotatable bonds is 6. The Morgan fingerprint density at radius 3 is 1.78 bits per heavy atom. The van der Waals surface area contributed by atoms with E-state index in [1.807, 2.05) is 11.1 Å². The molecule has 0 spiro atoms. The predicted octanol–water partition coefficient (Wildman–Crippen LogP) is 5.66. The average Bonchev–Trinajstić information content (AvgIpc) is 3.07. The molecule has 1 heterocycles. The molecule has 1 aliphatic heterocycles. The van der Waals surface area contributed by atoms with E-state index in [1.54, 1.807) is 5.41 Å². The maximum atomic E-state index is 12.8. The number of para-hydroxylation sites is 2. The number of aryl methyl sites for hydroxylation is 4. The van der Waals surface area contributed by atoms with Crippen LogP contribution < -0.4 is 4.90 Å². The van der Waals surface area contributed by atoms with Gasteiger partial charge in [0.25, 0.3) is 0 Å². The third kappa shape index (κ3) is 3.77. The Hall–Kier alpha value is -2.20. The number of amidine groups is 1. The van der Waals surface area contributed by atoms with Crippen molar-refractivity contribution >= 4 is 27.3 Å². The Bertz CT molecular complexity index is 870. The van der Waals surface area contributed by atoms with Crippen LogP contribution in [0.4, 0.5) is 11.4 Å². The number of benzene rings is 2. The molecule has 3 rings (SSSR count). The lowest BCUT2D eigenvalue weighted by Crippen LogP contribution is -2.25. The highest BCUT2D eigenvalue weighted by molar-refractivity contribution is 8.03. The maximum Gasteiger partial charge on any atom is 0.208 e. The van der Waals surface area contributed by atoms with Gasteiger partial charge in [-0.2, -0.15) is 0 Å². The van der Waals surface area contributed by atoms with Gasteiger partial charge in [0.15, 0.2) is 0 Å². The topological polar surface area (TPSA) is 32.7 Å². The zero-order valence-corrected chi connectivity index (χ0v) is 17.5. The van der Waals surface area contributed by atoms with Crippen molar-refractivity contribution in [2.75, 3.05) is 4.90 Å². The fraction of sp³-hybridized carbons (Fsp3) is 0.348. The molecule has 0 saturated carbocycles. The van der Waals surface area contributed by atoms with E-state index in [0.717, 1.165) is 37.1 Å². The van der Waals surface area contributed by atoms with Crippen LogP contribution in [0.5, 0.6) is 0 Å². The lowest BCUT2D eigenvalue weighted by Gasteiger charge is -2.23. The van der Waals surface area contributed by atoms with Crippen LogP contribution in [0.15, 0.2) is 53.0 Å². The molecule has 1 aliphatic rings. The van der Waals surface area contributed by atoms with Crippen LogP contribution >= 0.6 is 0 Å². The lowest BCUT2D eigenvalue weighted by atomic mass is 10.0. The number of aliphatic imine (C=N–C) groups is 1. The van der Waals surface area contributed by atoms with E-state index in [4.69, 9.17) is 4.99 Å². The zero-order valence-electron chi connectivity index (χ0n) is 16.7. The summed E-state index contributed by atoms with van der Waals surface area (Å²) in [5.74, 6) is 0. The SMILES string of the molecule is CCc1cccc(CC)c1N=C1N(c2c(CC)cccc2CC)C=CS1=O. The normalized spacial score (nSPS) is 17.9. The Morgan fingerprint density at radius 2 is 1.30 bits per heavy atom. The molecule has 2 aromatic rings. The zero-order chi connectivity index (χ0) is 19.4. The summed E-state index contributed by atoms with van der Waals surface area (Å²) in [5.41, 5.74) is 7.02. The molecule has 3 nitrogen and oxygen atoms in total. The standard InChI is InChI=1S/C23H28N2OS/c1-5-17-11-9-12-18(6-2)21(17)24-23-25(15-16-27(23)26)22-19(7-3)13-10-14-20(22)8-4/h9-16H,5-8H2,1-4H3. The summed E-state index contributed by atoms with van der Waals surface area (Å²) in [6.07, 6.45) is 5.60. The second-order valence-electron chi connectivity index (χ2n) is 6.61. The summed E-state index contributed by atoms with van der Waals surface area (Å²) in [6.45, 7) is 8.60. The summed E-state index contributed by atoms with van der Waals surface area (Å²) in [5, 5.41) is 2.35. The maximum absolute atomic E-state index is 12.8. The van der Waals surface area contributed by atoms with Crippen LogP contribution in [0.25, 0.3) is 0 Å². The van der Waals surface area contributed by atoms with Gasteiger partial charge in [-0.15, -0.1) is 0 Å². The van der Waals surface area contributed by atoms with Crippen molar-refractivity contribution in [1.29, 1.82) is 0 Å². The second kappa shape index (κ2) is 8.66. The molecule has 0 saturated heterocycles. The summed E-state index contributed by atoms with van der Waals surface area (Å²) in [7, 11) is -1.24. The Morgan fingerprint density at radius 1 is 0.815 bits per heavy atom. The highest BCUT2D eigenvalue weighted by Gasteiger charge is 2.26. The molecule has 1 unspecified atom stereocenters. The minimum Gasteiger partial charge on any atom is -0.293 e. The molecule has 0 bridgehead atoms. The Labute approximate surface area is 165 Å². The Kier molecular flexibility index (Phi) is 6.27. The molecule has 142 valence electrons. The molecule has 0 radical (unpaired) electrons. The van der Waals surface area contributed by atoms with E-state index in [1.165, 1.54) is 22.3 Å². The van der Waals surface area contributed by atoms with Crippen molar-refractivity contribution in [2.45, 2.75) is 53.4 Å². The van der Waals surface area contributed by atoms with E-state index in [-0.39, 0.29) is 0 Å². The van der Waals surface area contributed by atoms with Crippen LogP contribution in [-0.2, 0) is 36.5 Å². The lowest BCUT2D eigenvalue weighted by molar-refractivity contribution is 0.694. The van der Waals surface area contributed by atoms with Gasteiger partial charge in [0.05, 0.1) is 11.4 Å². The number of hydrogen-bond donors (Lipinski definition) is 0. The van der Waals surface area contributed by atoms with E-state index in [0.29, 0.717) is 5.17 Å². The summed E-state index contributed by atoms with van der Waals surface area (Å²) < 4.78 is 12.8. The predicted molar refractivity (Wildman–Crippen MR) is 117 cm³/mol. The molecule has 0 amide bonds. The van der Waals surface area contributed by atoms with E-state index < -0.39 is 10.8 Å². The van der Waals surface area contributed by atoms with Gasteiger partial charge in [-0.25, -0.2) is 9.20 Å². The van der Waals surface area contributed by atoms with Gasteiger partial charge in [-0.3, -0.25) is 4.90 Å². The molecule has 0 N–H and O–H groups in total. The first-order valence-corrected chi connectivity index (χ1v) is 11.0. The molecular formula is C23H28N2OS. The van der Waals surface area contributed by atoms with Crippen molar-refractivity contribution in [3.05, 3.63) is 70.3 Å². The fourth-order valence-corrected chi connectivity index (χ4v) is 4.47.